The monoisotopic (exact) mass is 423 g/mol. The van der Waals surface area contributed by atoms with Crippen LogP contribution in [0.4, 0.5) is 0 Å². The van der Waals surface area contributed by atoms with Gasteiger partial charge in [0.1, 0.15) is 13.1 Å². The average Bonchev–Trinajstić information content (AvgIpc) is 3.26. The van der Waals surface area contributed by atoms with E-state index >= 15 is 0 Å². The lowest BCUT2D eigenvalue weighted by molar-refractivity contribution is -0.933. The Kier molecular flexibility index (Phi) is 5.58. The molecule has 2 N–H and O–H groups in total. The predicted octanol–water partition coefficient (Wildman–Crippen LogP) is 1.64. The van der Waals surface area contributed by atoms with Crippen molar-refractivity contribution in [2.24, 2.45) is 0 Å². The van der Waals surface area contributed by atoms with Crippen LogP contribution in [0.1, 0.15) is 66.7 Å². The number of nitrogens with one attached hydrogen (secondary N) is 2. The molecule has 164 valence electrons. The number of H-pyrrole nitrogens is 1. The van der Waals surface area contributed by atoms with E-state index in [4.69, 9.17) is 4.74 Å². The van der Waals surface area contributed by atoms with Crippen LogP contribution in [0.15, 0.2) is 23.0 Å². The standard InChI is InChI=1S/C23H30N6O2/c1-15-12-16(2)20-17(13-15)14-19(23(30)24-20)21(28-8-10-31-11-9-28)22-25-26-27-29(22)18-6-4-3-5-7-18/h12-14,18,21H,3-11H2,1-2H3,(H,24,30)/p+1/t21-/m1/s1. The van der Waals surface area contributed by atoms with Crippen molar-refractivity contribution in [1.29, 1.82) is 0 Å². The zero-order valence-electron chi connectivity index (χ0n) is 18.4. The summed E-state index contributed by atoms with van der Waals surface area (Å²) in [6.07, 6.45) is 5.86. The van der Waals surface area contributed by atoms with Gasteiger partial charge in [-0.25, -0.2) is 4.68 Å². The topological polar surface area (TPSA) is 90.1 Å². The molecular weight excluding hydrogens is 392 g/mol. The molecule has 3 heterocycles. The Morgan fingerprint density at radius 1 is 1.13 bits per heavy atom. The van der Waals surface area contributed by atoms with Crippen molar-refractivity contribution in [3.05, 3.63) is 51.1 Å². The van der Waals surface area contributed by atoms with Crippen LogP contribution >= 0.6 is 0 Å². The lowest BCUT2D eigenvalue weighted by atomic mass is 9.95. The summed E-state index contributed by atoms with van der Waals surface area (Å²) >= 11 is 0. The van der Waals surface area contributed by atoms with Gasteiger partial charge in [0, 0.05) is 0 Å². The van der Waals surface area contributed by atoms with Crippen LogP contribution in [0.25, 0.3) is 10.9 Å². The number of aryl methyl sites for hydroxylation is 2. The first kappa shape index (κ1) is 20.3. The molecule has 1 saturated heterocycles. The summed E-state index contributed by atoms with van der Waals surface area (Å²) in [5, 5.41) is 14.0. The highest BCUT2D eigenvalue weighted by atomic mass is 16.5. The molecule has 0 spiro atoms. The molecule has 1 aromatic carbocycles. The largest absolute Gasteiger partial charge is 0.370 e. The van der Waals surface area contributed by atoms with E-state index in [0.29, 0.717) is 19.3 Å². The quantitative estimate of drug-likeness (QED) is 0.666. The van der Waals surface area contributed by atoms with Gasteiger partial charge in [-0.3, -0.25) is 4.79 Å². The van der Waals surface area contributed by atoms with E-state index in [-0.39, 0.29) is 11.6 Å². The van der Waals surface area contributed by atoms with E-state index < -0.39 is 0 Å². The number of nitrogens with zero attached hydrogens (tertiary/aromatic N) is 4. The van der Waals surface area contributed by atoms with Crippen LogP contribution in [0, 0.1) is 13.8 Å². The summed E-state index contributed by atoms with van der Waals surface area (Å²) < 4.78 is 7.63. The summed E-state index contributed by atoms with van der Waals surface area (Å²) in [6, 6.07) is 6.39. The van der Waals surface area contributed by atoms with E-state index in [1.165, 1.54) is 29.7 Å². The Balaban J connectivity index is 1.65. The molecule has 0 amide bonds. The SMILES string of the molecule is Cc1cc(C)c2[nH]c(=O)c([C@H](c3nnnn3C3CCCCC3)[NH+]3CCOCC3)cc2c1. The fourth-order valence-corrected chi connectivity index (χ4v) is 5.36. The molecule has 1 aliphatic carbocycles. The van der Waals surface area contributed by atoms with Crippen molar-refractivity contribution < 1.29 is 9.64 Å². The highest BCUT2D eigenvalue weighted by molar-refractivity contribution is 5.83. The van der Waals surface area contributed by atoms with Crippen LogP contribution < -0.4 is 10.5 Å². The van der Waals surface area contributed by atoms with E-state index in [1.807, 2.05) is 11.6 Å². The first-order chi connectivity index (χ1) is 15.1. The number of aromatic amines is 1. The number of pyridine rings is 1. The lowest BCUT2D eigenvalue weighted by Gasteiger charge is -2.32. The molecule has 1 saturated carbocycles. The van der Waals surface area contributed by atoms with Crippen LogP contribution in [-0.2, 0) is 4.74 Å². The molecule has 3 aromatic rings. The molecule has 8 nitrogen and oxygen atoms in total. The Labute approximate surface area is 181 Å². The second-order valence-electron chi connectivity index (χ2n) is 9.08. The second kappa shape index (κ2) is 8.51. The first-order valence-electron chi connectivity index (χ1n) is 11.5. The fourth-order valence-electron chi connectivity index (χ4n) is 5.36. The van der Waals surface area contributed by atoms with Gasteiger partial charge in [0.2, 0.25) is 5.82 Å². The number of fused-ring (bicyclic) bond motifs is 1. The second-order valence-corrected chi connectivity index (χ2v) is 9.08. The van der Waals surface area contributed by atoms with Crippen LogP contribution in [0.3, 0.4) is 0 Å². The van der Waals surface area contributed by atoms with Crippen molar-refractivity contribution in [1.82, 2.24) is 25.2 Å². The van der Waals surface area contributed by atoms with Crippen LogP contribution in [0.2, 0.25) is 0 Å². The smallest absolute Gasteiger partial charge is 0.258 e. The third kappa shape index (κ3) is 3.90. The van der Waals surface area contributed by atoms with E-state index in [2.05, 4.69) is 45.6 Å². The molecule has 0 unspecified atom stereocenters. The van der Waals surface area contributed by atoms with Gasteiger partial charge in [0.15, 0.2) is 6.04 Å². The Bertz CT molecular complexity index is 1120. The molecule has 0 bridgehead atoms. The first-order valence-corrected chi connectivity index (χ1v) is 11.5. The molecule has 0 radical (unpaired) electrons. The van der Waals surface area contributed by atoms with E-state index in [0.717, 1.165) is 53.8 Å². The van der Waals surface area contributed by atoms with Crippen molar-refractivity contribution in [3.8, 4) is 0 Å². The van der Waals surface area contributed by atoms with E-state index in [9.17, 15) is 4.79 Å². The highest BCUT2D eigenvalue weighted by Gasteiger charge is 2.36. The fraction of sp³-hybridized carbons (Fsp3) is 0.565. The number of morpholine rings is 1. The molecule has 31 heavy (non-hydrogen) atoms. The third-order valence-electron chi connectivity index (χ3n) is 6.87. The Morgan fingerprint density at radius 3 is 2.68 bits per heavy atom. The summed E-state index contributed by atoms with van der Waals surface area (Å²) in [5.41, 5.74) is 3.86. The summed E-state index contributed by atoms with van der Waals surface area (Å²) in [4.78, 5) is 17.8. The Morgan fingerprint density at radius 2 is 1.90 bits per heavy atom. The number of tetrazole rings is 1. The number of rotatable bonds is 4. The number of aromatic nitrogens is 5. The molecule has 2 aromatic heterocycles. The maximum atomic E-state index is 13.4. The molecule has 5 rings (SSSR count). The number of quaternary nitrogens is 1. The van der Waals surface area contributed by atoms with E-state index in [1.54, 1.807) is 0 Å². The number of hydrogen-bond acceptors (Lipinski definition) is 5. The zero-order valence-corrected chi connectivity index (χ0v) is 18.4. The summed E-state index contributed by atoms with van der Waals surface area (Å²) in [5.74, 6) is 0.804. The molecule has 1 atom stereocenters. The van der Waals surface area contributed by atoms with Gasteiger partial charge in [-0.1, -0.05) is 30.9 Å². The van der Waals surface area contributed by atoms with Gasteiger partial charge >= 0.3 is 0 Å². The van der Waals surface area contributed by atoms with Gasteiger partial charge < -0.3 is 14.6 Å². The molecule has 8 heteroatoms. The summed E-state index contributed by atoms with van der Waals surface area (Å²) in [6.45, 7) is 7.14. The number of benzene rings is 1. The Hall–Kier alpha value is -2.58. The van der Waals surface area contributed by atoms with Gasteiger partial charge in [-0.05, 0) is 60.2 Å². The third-order valence-corrected chi connectivity index (χ3v) is 6.87. The molecule has 2 fully saturated rings. The molecular formula is C23H31N6O2+. The van der Waals surface area contributed by atoms with Crippen LogP contribution in [0.5, 0.6) is 0 Å². The van der Waals surface area contributed by atoms with Gasteiger partial charge in [-0.2, -0.15) is 0 Å². The van der Waals surface area contributed by atoms with Crippen LogP contribution in [-0.4, -0.2) is 51.5 Å². The minimum atomic E-state index is -0.213. The van der Waals surface area contributed by atoms with Gasteiger partial charge in [-0.15, -0.1) is 5.10 Å². The van der Waals surface area contributed by atoms with Gasteiger partial charge in [0.05, 0.1) is 30.3 Å². The number of hydrogen-bond donors (Lipinski definition) is 2. The average molecular weight is 424 g/mol. The normalized spacial score (nSPS) is 19.7. The maximum absolute atomic E-state index is 13.4. The highest BCUT2D eigenvalue weighted by Crippen LogP contribution is 2.30. The minimum absolute atomic E-state index is 0.0540. The lowest BCUT2D eigenvalue weighted by Crippen LogP contribution is -3.14. The summed E-state index contributed by atoms with van der Waals surface area (Å²) in [7, 11) is 0. The zero-order chi connectivity index (χ0) is 21.4. The minimum Gasteiger partial charge on any atom is -0.370 e. The molecule has 1 aliphatic heterocycles. The predicted molar refractivity (Wildman–Crippen MR) is 117 cm³/mol. The van der Waals surface area contributed by atoms with Gasteiger partial charge in [0.25, 0.3) is 5.56 Å². The van der Waals surface area contributed by atoms with Crippen molar-refractivity contribution in [3.63, 3.8) is 0 Å². The van der Waals surface area contributed by atoms with Crippen molar-refractivity contribution in [2.75, 3.05) is 26.3 Å². The maximum Gasteiger partial charge on any atom is 0.258 e. The number of ether oxygens (including phenoxy) is 1. The molecule has 2 aliphatic rings. The van der Waals surface area contributed by atoms with Crippen molar-refractivity contribution in [2.45, 2.75) is 58.0 Å². The van der Waals surface area contributed by atoms with Crippen molar-refractivity contribution >= 4 is 10.9 Å².